The number of benzene rings is 2. The first-order valence-corrected chi connectivity index (χ1v) is 10.4. The van der Waals surface area contributed by atoms with Gasteiger partial charge in [-0.25, -0.2) is 0 Å². The van der Waals surface area contributed by atoms with Crippen molar-refractivity contribution in [2.24, 2.45) is 0 Å². The van der Waals surface area contributed by atoms with E-state index in [0.717, 1.165) is 18.4 Å². The number of hydrogen-bond donors (Lipinski definition) is 0. The van der Waals surface area contributed by atoms with Crippen molar-refractivity contribution in [3.63, 3.8) is 0 Å². The van der Waals surface area contributed by atoms with E-state index in [9.17, 15) is 5.26 Å². The average Bonchev–Trinajstić information content (AvgIpc) is 2.64. The van der Waals surface area contributed by atoms with Crippen LogP contribution in [0.1, 0.15) is 111 Å². The van der Waals surface area contributed by atoms with Crippen molar-refractivity contribution in [3.8, 4) is 6.07 Å². The van der Waals surface area contributed by atoms with Gasteiger partial charge in [0.25, 0.3) is 0 Å². The van der Waals surface area contributed by atoms with Gasteiger partial charge < -0.3 is 0 Å². The third-order valence-corrected chi connectivity index (χ3v) is 5.91. The number of aryl methyl sites for hydroxylation is 1. The Morgan fingerprint density at radius 2 is 1.33 bits per heavy atom. The largest absolute Gasteiger partial charge is 0.192 e. The Morgan fingerprint density at radius 1 is 0.741 bits per heavy atom. The van der Waals surface area contributed by atoms with Crippen molar-refractivity contribution in [2.45, 2.75) is 85.0 Å². The molecule has 27 heavy (non-hydrogen) atoms. The van der Waals surface area contributed by atoms with E-state index in [4.69, 9.17) is 0 Å². The Balaban J connectivity index is 2.08. The smallest absolute Gasteiger partial charge is 0.0994 e. The van der Waals surface area contributed by atoms with Gasteiger partial charge in [0.2, 0.25) is 0 Å². The number of rotatable bonds is 7. The van der Waals surface area contributed by atoms with Gasteiger partial charge in [-0.3, -0.25) is 0 Å². The van der Waals surface area contributed by atoms with Crippen LogP contribution in [0.3, 0.4) is 0 Å². The molecule has 2 aromatic carbocycles. The van der Waals surface area contributed by atoms with Crippen LogP contribution in [0.2, 0.25) is 0 Å². The number of nitriles is 1. The lowest BCUT2D eigenvalue weighted by Crippen LogP contribution is -2.03. The minimum absolute atomic E-state index is 0.402. The van der Waals surface area contributed by atoms with Crippen molar-refractivity contribution in [2.75, 3.05) is 0 Å². The summed E-state index contributed by atoms with van der Waals surface area (Å²) in [4.78, 5) is 0. The van der Waals surface area contributed by atoms with Crippen molar-refractivity contribution < 1.29 is 0 Å². The maximum Gasteiger partial charge on any atom is 0.0994 e. The van der Waals surface area contributed by atoms with Crippen LogP contribution in [0.15, 0.2) is 36.4 Å². The highest BCUT2D eigenvalue weighted by molar-refractivity contribution is 5.43. The molecule has 0 N–H and O–H groups in total. The Kier molecular flexibility index (Phi) is 7.25. The van der Waals surface area contributed by atoms with Crippen molar-refractivity contribution in [3.05, 3.63) is 69.8 Å². The molecule has 1 nitrogen and oxygen atoms in total. The van der Waals surface area contributed by atoms with Crippen LogP contribution in [0.25, 0.3) is 0 Å². The molecule has 0 saturated heterocycles. The van der Waals surface area contributed by atoms with Gasteiger partial charge >= 0.3 is 0 Å². The van der Waals surface area contributed by atoms with Crippen LogP contribution in [-0.4, -0.2) is 0 Å². The van der Waals surface area contributed by atoms with Gasteiger partial charge in [-0.15, -0.1) is 0 Å². The van der Waals surface area contributed by atoms with E-state index in [0.29, 0.717) is 23.7 Å². The van der Waals surface area contributed by atoms with Gasteiger partial charge in [0, 0.05) is 0 Å². The van der Waals surface area contributed by atoms with Crippen molar-refractivity contribution >= 4 is 0 Å². The highest BCUT2D eigenvalue weighted by Crippen LogP contribution is 2.32. The molecule has 0 saturated carbocycles. The average molecular weight is 362 g/mol. The monoisotopic (exact) mass is 361 g/mol. The second-order valence-electron chi connectivity index (χ2n) is 8.76. The Labute approximate surface area is 166 Å². The first kappa shape index (κ1) is 21.2. The van der Waals surface area contributed by atoms with Crippen molar-refractivity contribution in [1.29, 1.82) is 5.26 Å². The van der Waals surface area contributed by atoms with Crippen LogP contribution in [0.4, 0.5) is 0 Å². The first-order chi connectivity index (χ1) is 12.7. The predicted octanol–water partition coefficient (Wildman–Crippen LogP) is 7.80. The molecule has 0 amide bonds. The minimum Gasteiger partial charge on any atom is -0.192 e. The van der Waals surface area contributed by atoms with E-state index in [1.54, 1.807) is 0 Å². The molecule has 1 heteroatoms. The topological polar surface area (TPSA) is 23.8 Å². The minimum atomic E-state index is 0.402. The zero-order valence-corrected chi connectivity index (χ0v) is 18.1. The Bertz CT molecular complexity index is 807. The fourth-order valence-electron chi connectivity index (χ4n) is 3.93. The summed E-state index contributed by atoms with van der Waals surface area (Å²) in [6.07, 6.45) is 2.24. The number of nitrogens with zero attached hydrogens (tertiary/aromatic N) is 1. The second-order valence-corrected chi connectivity index (χ2v) is 8.76. The molecule has 144 valence electrons. The van der Waals surface area contributed by atoms with E-state index in [1.165, 1.54) is 27.8 Å². The molecule has 0 aliphatic carbocycles. The van der Waals surface area contributed by atoms with Crippen LogP contribution < -0.4 is 0 Å². The molecule has 2 atom stereocenters. The van der Waals surface area contributed by atoms with Crippen LogP contribution in [0, 0.1) is 18.3 Å². The summed E-state index contributed by atoms with van der Waals surface area (Å²) in [7, 11) is 0. The van der Waals surface area contributed by atoms with E-state index in [1.807, 2.05) is 0 Å². The van der Waals surface area contributed by atoms with Gasteiger partial charge in [-0.05, 0) is 77.3 Å². The molecule has 2 unspecified atom stereocenters. The van der Waals surface area contributed by atoms with E-state index in [2.05, 4.69) is 90.9 Å². The normalized spacial score (nSPS) is 13.6. The Hall–Kier alpha value is -2.07. The highest BCUT2D eigenvalue weighted by Gasteiger charge is 2.15. The summed E-state index contributed by atoms with van der Waals surface area (Å²) >= 11 is 0. The standard InChI is InChI=1S/C26H35N/c1-17(2)22-10-13-26(24(15-22)16-27)20(6)9-8-19(5)23-11-12-25(18(3)4)21(7)14-23/h10-15,17-20H,8-9H2,1-7H3. The van der Waals surface area contributed by atoms with Gasteiger partial charge in [0.05, 0.1) is 11.6 Å². The zero-order chi connectivity index (χ0) is 20.1. The lowest BCUT2D eigenvalue weighted by Gasteiger charge is -2.19. The molecule has 0 aliphatic heterocycles. The SMILES string of the molecule is Cc1cc(C(C)CCC(C)c2ccc(C(C)C)cc2C#N)ccc1C(C)C. The molecule has 2 rings (SSSR count). The molecule has 0 bridgehead atoms. The van der Waals surface area contributed by atoms with E-state index >= 15 is 0 Å². The number of hydrogen-bond acceptors (Lipinski definition) is 1. The molecule has 0 spiro atoms. The molecular formula is C26H35N. The Morgan fingerprint density at radius 3 is 1.89 bits per heavy atom. The lowest BCUT2D eigenvalue weighted by atomic mass is 9.85. The van der Waals surface area contributed by atoms with E-state index < -0.39 is 0 Å². The highest BCUT2D eigenvalue weighted by atomic mass is 14.3. The van der Waals surface area contributed by atoms with Gasteiger partial charge in [0.15, 0.2) is 0 Å². The zero-order valence-electron chi connectivity index (χ0n) is 18.1. The molecule has 2 aromatic rings. The van der Waals surface area contributed by atoms with Crippen LogP contribution in [-0.2, 0) is 0 Å². The van der Waals surface area contributed by atoms with Gasteiger partial charge in [-0.2, -0.15) is 5.26 Å². The summed E-state index contributed by atoms with van der Waals surface area (Å²) in [6, 6.07) is 15.8. The molecule has 0 aliphatic rings. The maximum absolute atomic E-state index is 9.58. The molecule has 0 radical (unpaired) electrons. The predicted molar refractivity (Wildman–Crippen MR) is 117 cm³/mol. The van der Waals surface area contributed by atoms with E-state index in [-0.39, 0.29) is 0 Å². The summed E-state index contributed by atoms with van der Waals surface area (Å²) in [6.45, 7) is 15.7. The summed E-state index contributed by atoms with van der Waals surface area (Å²) in [5, 5.41) is 9.58. The molecule has 0 fully saturated rings. The molecule has 0 heterocycles. The molecular weight excluding hydrogens is 326 g/mol. The maximum atomic E-state index is 9.58. The summed E-state index contributed by atoms with van der Waals surface area (Å²) in [5.74, 6) is 1.97. The van der Waals surface area contributed by atoms with Gasteiger partial charge in [0.1, 0.15) is 0 Å². The molecule has 0 aromatic heterocycles. The van der Waals surface area contributed by atoms with Crippen LogP contribution in [0.5, 0.6) is 0 Å². The third-order valence-electron chi connectivity index (χ3n) is 5.91. The fourth-order valence-corrected chi connectivity index (χ4v) is 3.93. The lowest BCUT2D eigenvalue weighted by molar-refractivity contribution is 0.572. The fraction of sp³-hybridized carbons (Fsp3) is 0.500. The van der Waals surface area contributed by atoms with Gasteiger partial charge in [-0.1, -0.05) is 71.9 Å². The quantitative estimate of drug-likeness (QED) is 0.493. The van der Waals surface area contributed by atoms with Crippen LogP contribution >= 0.6 is 0 Å². The summed E-state index contributed by atoms with van der Waals surface area (Å²) < 4.78 is 0. The summed E-state index contributed by atoms with van der Waals surface area (Å²) in [5.41, 5.74) is 7.57. The van der Waals surface area contributed by atoms with Crippen molar-refractivity contribution in [1.82, 2.24) is 0 Å². The second kappa shape index (κ2) is 9.23. The third kappa shape index (κ3) is 5.23. The first-order valence-electron chi connectivity index (χ1n) is 10.4.